The first-order valence-corrected chi connectivity index (χ1v) is 6.03. The van der Waals surface area contributed by atoms with E-state index in [0.717, 1.165) is 0 Å². The maximum Gasteiger partial charge on any atom is 0.335 e. The molecule has 1 amide bonds. The maximum atomic E-state index is 11.6. The number of amides is 1. The van der Waals surface area contributed by atoms with Crippen LogP contribution in [0.1, 0.15) is 10.4 Å². The number of aliphatic carboxylic acids is 1. The molecule has 6 N–H and O–H groups in total. The molecule has 4 atom stereocenters. The van der Waals surface area contributed by atoms with Crippen molar-refractivity contribution in [3.8, 4) is 0 Å². The highest BCUT2D eigenvalue weighted by Crippen LogP contribution is 2.04. The number of hydrazone groups is 1. The van der Waals surface area contributed by atoms with Crippen LogP contribution in [0.3, 0.4) is 0 Å². The minimum absolute atomic E-state index is 0.253. The van der Waals surface area contributed by atoms with Crippen LogP contribution in [0.25, 0.3) is 0 Å². The molecule has 22 heavy (non-hydrogen) atoms. The lowest BCUT2D eigenvalue weighted by Gasteiger charge is -2.22. The Morgan fingerprint density at radius 3 is 2.27 bits per heavy atom. The minimum Gasteiger partial charge on any atom is -0.479 e. The number of hydrogen-bond donors (Lipinski definition) is 6. The van der Waals surface area contributed by atoms with E-state index in [1.807, 2.05) is 5.43 Å². The van der Waals surface area contributed by atoms with Gasteiger partial charge in [0.15, 0.2) is 6.10 Å². The standard InChI is InChI=1S/C12H15N3O7/c16-7(8(17)9(18)10(19)12(21)22)5-14-15-11(20)6-1-3-13-4-2-6/h1-5,7-10,16-19H,(H,15,20)(H,21,22)/b14-5-/t7-,8+,9+,10+/m1/s1. The summed E-state index contributed by atoms with van der Waals surface area (Å²) in [6.45, 7) is 0. The Labute approximate surface area is 124 Å². The van der Waals surface area contributed by atoms with E-state index in [9.17, 15) is 24.9 Å². The first kappa shape index (κ1) is 17.7. The van der Waals surface area contributed by atoms with Gasteiger partial charge in [-0.25, -0.2) is 10.2 Å². The van der Waals surface area contributed by atoms with Crippen molar-refractivity contribution in [2.45, 2.75) is 24.4 Å². The third-order valence-electron chi connectivity index (χ3n) is 2.61. The summed E-state index contributed by atoms with van der Waals surface area (Å²) < 4.78 is 0. The van der Waals surface area contributed by atoms with Gasteiger partial charge in [0.2, 0.25) is 0 Å². The van der Waals surface area contributed by atoms with E-state index >= 15 is 0 Å². The molecule has 10 heteroatoms. The largest absolute Gasteiger partial charge is 0.479 e. The van der Waals surface area contributed by atoms with Crippen LogP contribution < -0.4 is 5.43 Å². The second-order valence-corrected chi connectivity index (χ2v) is 4.21. The molecule has 0 radical (unpaired) electrons. The molecule has 1 aromatic heterocycles. The number of pyridine rings is 1. The Morgan fingerprint density at radius 2 is 1.73 bits per heavy atom. The molecule has 0 bridgehead atoms. The number of aromatic nitrogens is 1. The van der Waals surface area contributed by atoms with Gasteiger partial charge in [0, 0.05) is 18.0 Å². The highest BCUT2D eigenvalue weighted by Gasteiger charge is 2.33. The van der Waals surface area contributed by atoms with Gasteiger partial charge in [-0.2, -0.15) is 5.10 Å². The Bertz CT molecular complexity index is 537. The van der Waals surface area contributed by atoms with Crippen LogP contribution in [0.5, 0.6) is 0 Å². The van der Waals surface area contributed by atoms with E-state index in [0.29, 0.717) is 6.21 Å². The molecule has 120 valence electrons. The van der Waals surface area contributed by atoms with E-state index in [4.69, 9.17) is 10.2 Å². The second kappa shape index (κ2) is 8.14. The van der Waals surface area contributed by atoms with Gasteiger partial charge in [-0.3, -0.25) is 9.78 Å². The Morgan fingerprint density at radius 1 is 1.14 bits per heavy atom. The smallest absolute Gasteiger partial charge is 0.335 e. The van der Waals surface area contributed by atoms with Crippen molar-refractivity contribution < 1.29 is 35.1 Å². The van der Waals surface area contributed by atoms with Crippen LogP contribution in [-0.4, -0.2) is 73.0 Å². The number of aliphatic hydroxyl groups excluding tert-OH is 4. The molecule has 0 aliphatic carbocycles. The van der Waals surface area contributed by atoms with E-state index in [1.165, 1.54) is 24.5 Å². The van der Waals surface area contributed by atoms with Gasteiger partial charge < -0.3 is 25.5 Å². The predicted octanol–water partition coefficient (Wildman–Crippen LogP) is -2.67. The number of carboxylic acids is 1. The zero-order valence-corrected chi connectivity index (χ0v) is 11.1. The molecule has 10 nitrogen and oxygen atoms in total. The summed E-state index contributed by atoms with van der Waals surface area (Å²) in [5, 5.41) is 49.1. The van der Waals surface area contributed by atoms with E-state index in [-0.39, 0.29) is 5.56 Å². The Hall–Kier alpha value is -2.40. The SMILES string of the molecule is O=C(N/N=C\[C@@H](O)[C@H](O)[C@H](O)[C@H](O)C(=O)O)c1ccncc1. The lowest BCUT2D eigenvalue weighted by atomic mass is 10.0. The molecule has 0 spiro atoms. The number of carbonyl (C=O) groups excluding carboxylic acids is 1. The summed E-state index contributed by atoms with van der Waals surface area (Å²) in [5.74, 6) is -2.37. The summed E-state index contributed by atoms with van der Waals surface area (Å²) in [4.78, 5) is 25.7. The molecular formula is C12H15N3O7. The van der Waals surface area contributed by atoms with Gasteiger partial charge in [0.05, 0.1) is 6.21 Å². The van der Waals surface area contributed by atoms with Crippen LogP contribution in [-0.2, 0) is 4.79 Å². The van der Waals surface area contributed by atoms with Gasteiger partial charge in [-0.05, 0) is 12.1 Å². The summed E-state index contributed by atoms with van der Waals surface area (Å²) in [6.07, 6.45) is -4.75. The second-order valence-electron chi connectivity index (χ2n) is 4.21. The highest BCUT2D eigenvalue weighted by atomic mass is 16.4. The number of aliphatic hydroxyl groups is 4. The molecule has 0 unspecified atom stereocenters. The van der Waals surface area contributed by atoms with Gasteiger partial charge in [-0.1, -0.05) is 0 Å². The van der Waals surface area contributed by atoms with Crippen LogP contribution >= 0.6 is 0 Å². The molecule has 0 aliphatic rings. The number of nitrogens with one attached hydrogen (secondary N) is 1. The number of rotatable bonds is 7. The van der Waals surface area contributed by atoms with Crippen molar-refractivity contribution in [2.24, 2.45) is 5.10 Å². The monoisotopic (exact) mass is 313 g/mol. The zero-order valence-electron chi connectivity index (χ0n) is 11.1. The minimum atomic E-state index is -2.27. The zero-order chi connectivity index (χ0) is 16.7. The number of carbonyl (C=O) groups is 2. The van der Waals surface area contributed by atoms with Gasteiger partial charge in [0.25, 0.3) is 5.91 Å². The fourth-order valence-corrected chi connectivity index (χ4v) is 1.36. The van der Waals surface area contributed by atoms with E-state index < -0.39 is 36.3 Å². The third kappa shape index (κ3) is 4.86. The van der Waals surface area contributed by atoms with Crippen molar-refractivity contribution in [2.75, 3.05) is 0 Å². The van der Waals surface area contributed by atoms with E-state index in [2.05, 4.69) is 10.1 Å². The lowest BCUT2D eigenvalue weighted by Crippen LogP contribution is -2.48. The highest BCUT2D eigenvalue weighted by molar-refractivity contribution is 5.94. The molecular weight excluding hydrogens is 298 g/mol. The maximum absolute atomic E-state index is 11.6. The number of carboxylic acid groups (broad SMARTS) is 1. The molecule has 1 rings (SSSR count). The molecule has 1 aromatic rings. The van der Waals surface area contributed by atoms with Crippen LogP contribution in [0.15, 0.2) is 29.6 Å². The van der Waals surface area contributed by atoms with Gasteiger partial charge in [0.1, 0.15) is 18.3 Å². The van der Waals surface area contributed by atoms with E-state index in [1.54, 1.807) is 0 Å². The predicted molar refractivity (Wildman–Crippen MR) is 71.9 cm³/mol. The fraction of sp³-hybridized carbons (Fsp3) is 0.333. The summed E-state index contributed by atoms with van der Waals surface area (Å²) >= 11 is 0. The Kier molecular flexibility index (Phi) is 6.53. The van der Waals surface area contributed by atoms with Crippen molar-refractivity contribution in [1.29, 1.82) is 0 Å². The molecule has 0 saturated heterocycles. The van der Waals surface area contributed by atoms with Crippen LogP contribution in [0.2, 0.25) is 0 Å². The van der Waals surface area contributed by atoms with Crippen molar-refractivity contribution >= 4 is 18.1 Å². The summed E-state index contributed by atoms with van der Waals surface area (Å²) in [5.41, 5.74) is 2.30. The molecule has 0 fully saturated rings. The average molecular weight is 313 g/mol. The molecule has 0 aromatic carbocycles. The first-order chi connectivity index (χ1) is 10.3. The Balaban J connectivity index is 2.55. The molecule has 0 aliphatic heterocycles. The average Bonchev–Trinajstić information content (AvgIpc) is 2.53. The van der Waals surface area contributed by atoms with Crippen LogP contribution in [0.4, 0.5) is 0 Å². The normalized spacial score (nSPS) is 16.7. The van der Waals surface area contributed by atoms with Crippen molar-refractivity contribution in [1.82, 2.24) is 10.4 Å². The summed E-state index contributed by atoms with van der Waals surface area (Å²) in [7, 11) is 0. The van der Waals surface area contributed by atoms with Crippen LogP contribution in [0, 0.1) is 0 Å². The van der Waals surface area contributed by atoms with Gasteiger partial charge >= 0.3 is 5.97 Å². The topological polar surface area (TPSA) is 173 Å². The quantitative estimate of drug-likeness (QED) is 0.233. The number of hydrogen-bond acceptors (Lipinski definition) is 8. The van der Waals surface area contributed by atoms with Crippen molar-refractivity contribution in [3.63, 3.8) is 0 Å². The number of nitrogens with zero attached hydrogens (tertiary/aromatic N) is 2. The fourth-order valence-electron chi connectivity index (χ4n) is 1.36. The third-order valence-corrected chi connectivity index (χ3v) is 2.61. The van der Waals surface area contributed by atoms with Crippen molar-refractivity contribution in [3.05, 3.63) is 30.1 Å². The lowest BCUT2D eigenvalue weighted by molar-refractivity contribution is -0.160. The van der Waals surface area contributed by atoms with Gasteiger partial charge in [-0.15, -0.1) is 0 Å². The first-order valence-electron chi connectivity index (χ1n) is 6.03. The molecule has 1 heterocycles. The summed E-state index contributed by atoms with van der Waals surface area (Å²) in [6, 6.07) is 2.84. The molecule has 0 saturated carbocycles.